The average molecular weight is 321 g/mol. The van der Waals surface area contributed by atoms with E-state index in [2.05, 4.69) is 9.97 Å². The molecule has 3 rings (SSSR count). The minimum Gasteiger partial charge on any atom is -0.324 e. The number of imide groups is 1. The SMILES string of the molecule is Cc1nc(C(=O)N2CCn3cc(C(=O)NO)nc3C2=O)cs1. The van der Waals surface area contributed by atoms with Crippen LogP contribution in [0.3, 0.4) is 0 Å². The van der Waals surface area contributed by atoms with Crippen molar-refractivity contribution in [2.45, 2.75) is 13.5 Å². The smallest absolute Gasteiger partial charge is 0.296 e. The van der Waals surface area contributed by atoms with Crippen molar-refractivity contribution in [1.82, 2.24) is 24.9 Å². The number of hydrogen-bond donors (Lipinski definition) is 2. The van der Waals surface area contributed by atoms with Crippen LogP contribution >= 0.6 is 11.3 Å². The van der Waals surface area contributed by atoms with E-state index in [0.717, 1.165) is 9.91 Å². The summed E-state index contributed by atoms with van der Waals surface area (Å²) in [5.74, 6) is -1.93. The van der Waals surface area contributed by atoms with Gasteiger partial charge in [-0.25, -0.2) is 15.4 Å². The lowest BCUT2D eigenvalue weighted by Crippen LogP contribution is -2.44. The Morgan fingerprint density at radius 3 is 2.73 bits per heavy atom. The van der Waals surface area contributed by atoms with Crippen LogP contribution in [0, 0.1) is 6.92 Å². The predicted octanol–water partition coefficient (Wildman–Crippen LogP) is 0.0632. The molecule has 9 nitrogen and oxygen atoms in total. The summed E-state index contributed by atoms with van der Waals surface area (Å²) in [5, 5.41) is 10.9. The number of amides is 3. The van der Waals surface area contributed by atoms with E-state index in [9.17, 15) is 14.4 Å². The molecule has 10 heteroatoms. The molecule has 2 N–H and O–H groups in total. The van der Waals surface area contributed by atoms with E-state index >= 15 is 0 Å². The molecular formula is C12H11N5O4S. The molecule has 2 aromatic rings. The summed E-state index contributed by atoms with van der Waals surface area (Å²) in [4.78, 5) is 45.0. The number of aromatic nitrogens is 3. The van der Waals surface area contributed by atoms with Crippen LogP contribution in [0.1, 0.15) is 36.6 Å². The van der Waals surface area contributed by atoms with Crippen LogP contribution in [0.2, 0.25) is 0 Å². The van der Waals surface area contributed by atoms with Gasteiger partial charge in [-0.3, -0.25) is 24.5 Å². The average Bonchev–Trinajstić information content (AvgIpc) is 3.13. The number of imidazole rings is 1. The predicted molar refractivity (Wildman–Crippen MR) is 73.7 cm³/mol. The molecular weight excluding hydrogens is 310 g/mol. The molecule has 2 aromatic heterocycles. The molecule has 0 saturated carbocycles. The number of fused-ring (bicyclic) bond motifs is 1. The van der Waals surface area contributed by atoms with Gasteiger partial charge in [0.25, 0.3) is 17.7 Å². The number of rotatable bonds is 2. The van der Waals surface area contributed by atoms with Crippen molar-refractivity contribution in [2.24, 2.45) is 0 Å². The summed E-state index contributed by atoms with van der Waals surface area (Å²) in [6.07, 6.45) is 1.35. The minimum absolute atomic E-state index is 0.0230. The Kier molecular flexibility index (Phi) is 3.47. The largest absolute Gasteiger partial charge is 0.324 e. The van der Waals surface area contributed by atoms with Crippen molar-refractivity contribution in [3.63, 3.8) is 0 Å². The number of thiazole rings is 1. The summed E-state index contributed by atoms with van der Waals surface area (Å²) >= 11 is 1.32. The molecule has 3 amide bonds. The highest BCUT2D eigenvalue weighted by molar-refractivity contribution is 7.09. The summed E-state index contributed by atoms with van der Waals surface area (Å²) in [6.45, 7) is 2.26. The molecule has 1 aliphatic rings. The standard InChI is InChI=1S/C12H11N5O4S/c1-6-13-8(5-22-6)11(19)17-3-2-16-4-7(10(18)15-21)14-9(16)12(17)20/h4-5,21H,2-3H2,1H3,(H,15,18). The zero-order valence-corrected chi connectivity index (χ0v) is 12.3. The molecule has 0 unspecified atom stereocenters. The lowest BCUT2D eigenvalue weighted by molar-refractivity contribution is 0.0570. The van der Waals surface area contributed by atoms with Gasteiger partial charge >= 0.3 is 0 Å². The molecule has 3 heterocycles. The van der Waals surface area contributed by atoms with Gasteiger partial charge in [-0.15, -0.1) is 11.3 Å². The van der Waals surface area contributed by atoms with E-state index in [1.165, 1.54) is 27.6 Å². The third-order valence-corrected chi connectivity index (χ3v) is 3.97. The van der Waals surface area contributed by atoms with Crippen LogP contribution in [0.25, 0.3) is 0 Å². The normalized spacial score (nSPS) is 13.9. The van der Waals surface area contributed by atoms with Crippen LogP contribution in [0.15, 0.2) is 11.6 Å². The first-order valence-corrected chi connectivity index (χ1v) is 7.19. The first kappa shape index (κ1) is 14.4. The maximum absolute atomic E-state index is 12.4. The van der Waals surface area contributed by atoms with E-state index in [1.807, 2.05) is 0 Å². The van der Waals surface area contributed by atoms with E-state index in [4.69, 9.17) is 5.21 Å². The van der Waals surface area contributed by atoms with E-state index in [0.29, 0.717) is 6.54 Å². The third-order valence-electron chi connectivity index (χ3n) is 3.19. The molecule has 0 spiro atoms. The maximum atomic E-state index is 12.4. The fourth-order valence-corrected chi connectivity index (χ4v) is 2.73. The van der Waals surface area contributed by atoms with Crippen LogP contribution in [-0.2, 0) is 6.54 Å². The second-order valence-corrected chi connectivity index (χ2v) is 5.66. The van der Waals surface area contributed by atoms with E-state index in [-0.39, 0.29) is 23.8 Å². The van der Waals surface area contributed by atoms with Crippen molar-refractivity contribution in [2.75, 3.05) is 6.54 Å². The van der Waals surface area contributed by atoms with Gasteiger partial charge in [-0.2, -0.15) is 0 Å². The first-order chi connectivity index (χ1) is 10.5. The van der Waals surface area contributed by atoms with Crippen LogP contribution in [-0.4, -0.2) is 48.9 Å². The first-order valence-electron chi connectivity index (χ1n) is 6.31. The zero-order chi connectivity index (χ0) is 15.9. The number of nitrogens with one attached hydrogen (secondary N) is 1. The third kappa shape index (κ3) is 2.27. The highest BCUT2D eigenvalue weighted by atomic mass is 32.1. The summed E-state index contributed by atoms with van der Waals surface area (Å²) in [7, 11) is 0. The van der Waals surface area contributed by atoms with Crippen molar-refractivity contribution < 1.29 is 19.6 Å². The van der Waals surface area contributed by atoms with Crippen LogP contribution in [0.5, 0.6) is 0 Å². The fourth-order valence-electron chi connectivity index (χ4n) is 2.15. The Morgan fingerprint density at radius 2 is 2.09 bits per heavy atom. The van der Waals surface area contributed by atoms with Gasteiger partial charge in [-0.05, 0) is 6.92 Å². The van der Waals surface area contributed by atoms with Gasteiger partial charge < -0.3 is 4.57 Å². The number of carbonyl (C=O) groups is 3. The van der Waals surface area contributed by atoms with Crippen molar-refractivity contribution in [3.8, 4) is 0 Å². The Morgan fingerprint density at radius 1 is 1.32 bits per heavy atom. The molecule has 0 atom stereocenters. The van der Waals surface area contributed by atoms with Crippen LogP contribution in [0.4, 0.5) is 0 Å². The number of carbonyl (C=O) groups excluding carboxylic acids is 3. The summed E-state index contributed by atoms with van der Waals surface area (Å²) in [5.41, 5.74) is 1.57. The van der Waals surface area contributed by atoms with Crippen molar-refractivity contribution in [3.05, 3.63) is 33.8 Å². The summed E-state index contributed by atoms with van der Waals surface area (Å²) < 4.78 is 1.48. The highest BCUT2D eigenvalue weighted by Gasteiger charge is 2.33. The summed E-state index contributed by atoms with van der Waals surface area (Å²) in [6, 6.07) is 0. The highest BCUT2D eigenvalue weighted by Crippen LogP contribution is 2.17. The second kappa shape index (κ2) is 5.31. The molecule has 0 fully saturated rings. The molecule has 0 bridgehead atoms. The maximum Gasteiger partial charge on any atom is 0.296 e. The Bertz CT molecular complexity index is 780. The van der Waals surface area contributed by atoms with E-state index in [1.54, 1.807) is 12.3 Å². The van der Waals surface area contributed by atoms with Gasteiger partial charge in [0.05, 0.1) is 5.01 Å². The van der Waals surface area contributed by atoms with Gasteiger partial charge in [0.1, 0.15) is 11.4 Å². The molecule has 0 saturated heterocycles. The van der Waals surface area contributed by atoms with Gasteiger partial charge in [0.15, 0.2) is 5.82 Å². The fraction of sp³-hybridized carbons (Fsp3) is 0.250. The van der Waals surface area contributed by atoms with Gasteiger partial charge in [-0.1, -0.05) is 0 Å². The lowest BCUT2D eigenvalue weighted by Gasteiger charge is -2.24. The lowest BCUT2D eigenvalue weighted by atomic mass is 10.3. The Balaban J connectivity index is 1.89. The monoisotopic (exact) mass is 321 g/mol. The van der Waals surface area contributed by atoms with Crippen molar-refractivity contribution in [1.29, 1.82) is 0 Å². The topological polar surface area (TPSA) is 117 Å². The van der Waals surface area contributed by atoms with Gasteiger partial charge in [0, 0.05) is 24.7 Å². The van der Waals surface area contributed by atoms with Crippen molar-refractivity contribution >= 4 is 29.1 Å². The number of aryl methyl sites for hydroxylation is 1. The molecule has 0 aromatic carbocycles. The molecule has 1 aliphatic heterocycles. The molecule has 114 valence electrons. The van der Waals surface area contributed by atoms with E-state index < -0.39 is 17.7 Å². The molecule has 22 heavy (non-hydrogen) atoms. The number of hydroxylamine groups is 1. The quantitative estimate of drug-likeness (QED) is 0.459. The second-order valence-electron chi connectivity index (χ2n) is 4.60. The van der Waals surface area contributed by atoms with Gasteiger partial charge in [0.2, 0.25) is 0 Å². The zero-order valence-electron chi connectivity index (χ0n) is 11.4. The molecule has 0 radical (unpaired) electrons. The molecule has 0 aliphatic carbocycles. The Hall–Kier alpha value is -2.59. The Labute approximate surface area is 128 Å². The number of hydrogen-bond acceptors (Lipinski definition) is 7. The van der Waals surface area contributed by atoms with Crippen LogP contribution < -0.4 is 5.48 Å². The number of nitrogens with zero attached hydrogens (tertiary/aromatic N) is 4. The minimum atomic E-state index is -0.817.